The van der Waals surface area contributed by atoms with Crippen LogP contribution in [0.4, 0.5) is 0 Å². The fraction of sp³-hybridized carbons (Fsp3) is 0.875. The van der Waals surface area contributed by atoms with E-state index in [0.29, 0.717) is 13.0 Å². The van der Waals surface area contributed by atoms with Gasteiger partial charge in [0.2, 0.25) is 0 Å². The van der Waals surface area contributed by atoms with Gasteiger partial charge in [-0.25, -0.2) is 0 Å². The summed E-state index contributed by atoms with van der Waals surface area (Å²) < 4.78 is 0. The third-order valence-corrected chi connectivity index (χ3v) is 1.41. The van der Waals surface area contributed by atoms with E-state index >= 15 is 0 Å². The van der Waals surface area contributed by atoms with Gasteiger partial charge in [0.1, 0.15) is 6.04 Å². The lowest BCUT2D eigenvalue weighted by Gasteiger charge is -1.99. The lowest BCUT2D eigenvalue weighted by atomic mass is 10.2. The van der Waals surface area contributed by atoms with Crippen LogP contribution < -0.4 is 5.32 Å². The summed E-state index contributed by atoms with van der Waals surface area (Å²) in [5.41, 5.74) is 0. The van der Waals surface area contributed by atoms with Gasteiger partial charge >= 0.3 is 5.97 Å². The Labute approximate surface area is 77.4 Å². The van der Waals surface area contributed by atoms with Crippen molar-refractivity contribution >= 4 is 5.97 Å². The summed E-state index contributed by atoms with van der Waals surface area (Å²) in [6.07, 6.45) is -0.318. The monoisotopic (exact) mass is 191 g/mol. The minimum absolute atomic E-state index is 0.167. The zero-order valence-electron chi connectivity index (χ0n) is 7.90. The lowest BCUT2D eigenvalue weighted by Crippen LogP contribution is -2.29. The zero-order chi connectivity index (χ0) is 10.4. The highest BCUT2D eigenvalue weighted by molar-refractivity contribution is 5.73. The zero-order valence-corrected chi connectivity index (χ0v) is 7.90. The summed E-state index contributed by atoms with van der Waals surface area (Å²) in [5, 5.41) is 27.9. The largest absolute Gasteiger partial charge is 0.480 e. The van der Waals surface area contributed by atoms with Crippen LogP contribution in [0.25, 0.3) is 0 Å². The highest BCUT2D eigenvalue weighted by Crippen LogP contribution is 2.05. The molecule has 5 nitrogen and oxygen atoms in total. The SMILES string of the molecule is CC(C)O.O=C(O)[C@@H]1C[C@@H](O)CN1. The maximum atomic E-state index is 10.2. The maximum Gasteiger partial charge on any atom is 0.320 e. The number of aliphatic carboxylic acids is 1. The first-order valence-electron chi connectivity index (χ1n) is 4.25. The van der Waals surface area contributed by atoms with Crippen LogP contribution in [0.2, 0.25) is 0 Å². The van der Waals surface area contributed by atoms with Crippen LogP contribution in [-0.2, 0) is 4.79 Å². The maximum absolute atomic E-state index is 10.2. The molecule has 1 aliphatic heterocycles. The summed E-state index contributed by atoms with van der Waals surface area (Å²) in [7, 11) is 0. The molecule has 13 heavy (non-hydrogen) atoms. The van der Waals surface area contributed by atoms with Gasteiger partial charge < -0.3 is 20.6 Å². The highest BCUT2D eigenvalue weighted by atomic mass is 16.4. The predicted molar refractivity (Wildman–Crippen MR) is 47.4 cm³/mol. The molecule has 0 radical (unpaired) electrons. The normalized spacial score (nSPS) is 26.8. The van der Waals surface area contributed by atoms with Crippen molar-refractivity contribution in [1.29, 1.82) is 0 Å². The molecule has 0 aromatic carbocycles. The van der Waals surface area contributed by atoms with Crippen molar-refractivity contribution in [2.45, 2.75) is 38.5 Å². The molecule has 0 spiro atoms. The van der Waals surface area contributed by atoms with Crippen LogP contribution in [0.3, 0.4) is 0 Å². The van der Waals surface area contributed by atoms with Gasteiger partial charge in [-0.05, 0) is 13.8 Å². The lowest BCUT2D eigenvalue weighted by molar-refractivity contribution is -0.139. The Balaban J connectivity index is 0.000000310. The first kappa shape index (κ1) is 12.3. The van der Waals surface area contributed by atoms with Crippen molar-refractivity contribution in [3.8, 4) is 0 Å². The van der Waals surface area contributed by atoms with Gasteiger partial charge in [-0.15, -0.1) is 0 Å². The second kappa shape index (κ2) is 5.90. The van der Waals surface area contributed by atoms with Crippen molar-refractivity contribution in [2.24, 2.45) is 0 Å². The molecule has 2 atom stereocenters. The molecule has 4 N–H and O–H groups in total. The second-order valence-electron chi connectivity index (χ2n) is 3.28. The molecule has 0 aromatic heterocycles. The Morgan fingerprint density at radius 2 is 2.00 bits per heavy atom. The third-order valence-electron chi connectivity index (χ3n) is 1.41. The Bertz CT molecular complexity index is 157. The molecule has 1 fully saturated rings. The summed E-state index contributed by atoms with van der Waals surface area (Å²) in [4.78, 5) is 10.2. The number of aliphatic hydroxyl groups is 2. The number of hydrogen-bond acceptors (Lipinski definition) is 4. The minimum atomic E-state index is -0.883. The molecule has 0 aliphatic carbocycles. The Kier molecular flexibility index (Phi) is 5.61. The highest BCUT2D eigenvalue weighted by Gasteiger charge is 2.27. The number of nitrogens with one attached hydrogen (secondary N) is 1. The predicted octanol–water partition coefficient (Wildman–Crippen LogP) is -0.819. The van der Waals surface area contributed by atoms with Gasteiger partial charge in [0.15, 0.2) is 0 Å². The fourth-order valence-corrected chi connectivity index (χ4v) is 0.905. The first-order valence-corrected chi connectivity index (χ1v) is 4.25. The molecule has 0 aromatic rings. The van der Waals surface area contributed by atoms with Crippen molar-refractivity contribution in [3.63, 3.8) is 0 Å². The molecule has 5 heteroatoms. The van der Waals surface area contributed by atoms with Crippen LogP contribution in [0.5, 0.6) is 0 Å². The van der Waals surface area contributed by atoms with Gasteiger partial charge in [0.25, 0.3) is 0 Å². The van der Waals surface area contributed by atoms with Crippen molar-refractivity contribution in [1.82, 2.24) is 5.32 Å². The summed E-state index contributed by atoms with van der Waals surface area (Å²) in [6, 6.07) is -0.542. The Hall–Kier alpha value is -0.650. The number of aliphatic hydroxyl groups excluding tert-OH is 2. The van der Waals surface area contributed by atoms with Gasteiger partial charge in [0, 0.05) is 19.1 Å². The fourth-order valence-electron chi connectivity index (χ4n) is 0.905. The van der Waals surface area contributed by atoms with E-state index in [2.05, 4.69) is 5.32 Å². The molecule has 1 saturated heterocycles. The van der Waals surface area contributed by atoms with Gasteiger partial charge in [0.05, 0.1) is 6.10 Å². The average Bonchev–Trinajstić information content (AvgIpc) is 2.34. The summed E-state index contributed by atoms with van der Waals surface area (Å²) in [5.74, 6) is -0.883. The van der Waals surface area contributed by atoms with Crippen molar-refractivity contribution in [2.75, 3.05) is 6.54 Å². The smallest absolute Gasteiger partial charge is 0.320 e. The van der Waals surface area contributed by atoms with Crippen LogP contribution in [0.1, 0.15) is 20.3 Å². The minimum Gasteiger partial charge on any atom is -0.480 e. The second-order valence-corrected chi connectivity index (χ2v) is 3.28. The van der Waals surface area contributed by atoms with E-state index < -0.39 is 18.1 Å². The Morgan fingerprint density at radius 1 is 1.54 bits per heavy atom. The summed E-state index contributed by atoms with van der Waals surface area (Å²) >= 11 is 0. The molecular weight excluding hydrogens is 174 g/mol. The number of carboxylic acid groups (broad SMARTS) is 1. The third kappa shape index (κ3) is 6.51. The molecular formula is C8H17NO4. The van der Waals surface area contributed by atoms with E-state index in [1.165, 1.54) is 0 Å². The van der Waals surface area contributed by atoms with Crippen LogP contribution in [0.15, 0.2) is 0 Å². The summed E-state index contributed by atoms with van der Waals surface area (Å²) in [6.45, 7) is 3.84. The van der Waals surface area contributed by atoms with Crippen molar-refractivity contribution < 1.29 is 20.1 Å². The van der Waals surface area contributed by atoms with E-state index in [-0.39, 0.29) is 6.10 Å². The van der Waals surface area contributed by atoms with Crippen LogP contribution in [-0.4, -0.2) is 46.1 Å². The first-order chi connectivity index (χ1) is 5.93. The average molecular weight is 191 g/mol. The van der Waals surface area contributed by atoms with E-state index in [1.54, 1.807) is 13.8 Å². The van der Waals surface area contributed by atoms with E-state index in [9.17, 15) is 4.79 Å². The van der Waals surface area contributed by atoms with E-state index in [1.807, 2.05) is 0 Å². The molecule has 0 bridgehead atoms. The number of hydrogen-bond donors (Lipinski definition) is 4. The van der Waals surface area contributed by atoms with Crippen molar-refractivity contribution in [3.05, 3.63) is 0 Å². The molecule has 0 unspecified atom stereocenters. The number of β-amino-alcohol motifs (C(OH)–C–C–N with tert-alkyl or cyclic N) is 1. The van der Waals surface area contributed by atoms with E-state index in [4.69, 9.17) is 15.3 Å². The van der Waals surface area contributed by atoms with Crippen LogP contribution >= 0.6 is 0 Å². The molecule has 1 heterocycles. The van der Waals surface area contributed by atoms with E-state index in [0.717, 1.165) is 0 Å². The number of carboxylic acids is 1. The topological polar surface area (TPSA) is 89.8 Å². The number of carbonyl (C=O) groups is 1. The molecule has 0 amide bonds. The molecule has 0 saturated carbocycles. The molecule has 1 rings (SSSR count). The van der Waals surface area contributed by atoms with Gasteiger partial charge in [-0.3, -0.25) is 4.79 Å². The molecule has 78 valence electrons. The Morgan fingerprint density at radius 3 is 2.15 bits per heavy atom. The quantitative estimate of drug-likeness (QED) is 0.435. The van der Waals surface area contributed by atoms with Gasteiger partial charge in [-0.2, -0.15) is 0 Å². The standard InChI is InChI=1S/C5H9NO3.C3H8O/c7-3-1-4(5(8)9)6-2-3;1-3(2)4/h3-4,6-7H,1-2H2,(H,8,9);3-4H,1-2H3/t3-,4+;/m1./s1. The number of rotatable bonds is 1. The van der Waals surface area contributed by atoms with Gasteiger partial charge in [-0.1, -0.05) is 0 Å². The molecule has 1 aliphatic rings. The van der Waals surface area contributed by atoms with Crippen LogP contribution in [0, 0.1) is 0 Å².